The largest absolute Gasteiger partial charge is 0.289 e. The number of allylic oxidation sites excluding steroid dienone is 1. The predicted molar refractivity (Wildman–Crippen MR) is 106 cm³/mol. The Morgan fingerprint density at radius 2 is 1.69 bits per heavy atom. The van der Waals surface area contributed by atoms with E-state index in [1.54, 1.807) is 41.7 Å². The SMILES string of the molecule is O=C(/C=C/c1cccs1)c1ccc(NS(=O)(=O)c2ccc(Cl)cc2)cc1. The van der Waals surface area contributed by atoms with Crippen LogP contribution in [0.4, 0.5) is 5.69 Å². The summed E-state index contributed by atoms with van der Waals surface area (Å²) in [5.74, 6) is -0.148. The molecule has 0 aliphatic heterocycles. The molecule has 0 amide bonds. The first kappa shape index (κ1) is 18.4. The van der Waals surface area contributed by atoms with Crippen LogP contribution in [0, 0.1) is 0 Å². The van der Waals surface area contributed by atoms with Gasteiger partial charge in [-0.3, -0.25) is 9.52 Å². The zero-order valence-corrected chi connectivity index (χ0v) is 15.8. The van der Waals surface area contributed by atoms with Gasteiger partial charge >= 0.3 is 0 Å². The summed E-state index contributed by atoms with van der Waals surface area (Å²) in [5.41, 5.74) is 0.853. The van der Waals surface area contributed by atoms with Gasteiger partial charge in [0.1, 0.15) is 0 Å². The monoisotopic (exact) mass is 403 g/mol. The third kappa shape index (κ3) is 4.60. The first-order chi connectivity index (χ1) is 12.4. The smallest absolute Gasteiger partial charge is 0.261 e. The molecule has 0 aliphatic carbocycles. The summed E-state index contributed by atoms with van der Waals surface area (Å²) in [7, 11) is -3.71. The molecule has 0 aliphatic rings. The Morgan fingerprint density at radius 1 is 1.00 bits per heavy atom. The molecular formula is C19H14ClNO3S2. The highest BCUT2D eigenvalue weighted by atomic mass is 35.5. The second kappa shape index (κ2) is 7.86. The number of carbonyl (C=O) groups is 1. The number of ketones is 1. The molecule has 0 unspecified atom stereocenters. The van der Waals surface area contributed by atoms with Gasteiger partial charge in [0, 0.05) is 21.2 Å². The van der Waals surface area contributed by atoms with Crippen molar-refractivity contribution in [2.45, 2.75) is 4.90 Å². The fourth-order valence-electron chi connectivity index (χ4n) is 2.17. The van der Waals surface area contributed by atoms with E-state index in [-0.39, 0.29) is 10.7 Å². The van der Waals surface area contributed by atoms with Crippen molar-refractivity contribution in [1.29, 1.82) is 0 Å². The highest BCUT2D eigenvalue weighted by molar-refractivity contribution is 7.92. The van der Waals surface area contributed by atoms with Crippen LogP contribution in [0.1, 0.15) is 15.2 Å². The lowest BCUT2D eigenvalue weighted by Gasteiger charge is -2.08. The van der Waals surface area contributed by atoms with Crippen LogP contribution in [0.25, 0.3) is 6.08 Å². The molecule has 26 heavy (non-hydrogen) atoms. The molecule has 0 saturated heterocycles. The van der Waals surface area contributed by atoms with Crippen molar-refractivity contribution in [2.24, 2.45) is 0 Å². The number of halogens is 1. The summed E-state index contributed by atoms with van der Waals surface area (Å²) in [5, 5.41) is 2.40. The molecule has 0 bridgehead atoms. The molecule has 1 N–H and O–H groups in total. The zero-order chi connectivity index (χ0) is 18.6. The van der Waals surface area contributed by atoms with E-state index in [0.29, 0.717) is 16.3 Å². The molecule has 4 nitrogen and oxygen atoms in total. The topological polar surface area (TPSA) is 63.2 Å². The molecule has 0 atom stereocenters. The standard InChI is InChI=1S/C19H14ClNO3S2/c20-15-5-10-18(11-6-15)26(23,24)21-16-7-3-14(4-8-16)19(22)12-9-17-2-1-13-25-17/h1-13,21H/b12-9+. The minimum Gasteiger partial charge on any atom is -0.289 e. The van der Waals surface area contributed by atoms with E-state index < -0.39 is 10.0 Å². The zero-order valence-electron chi connectivity index (χ0n) is 13.4. The van der Waals surface area contributed by atoms with E-state index in [1.165, 1.54) is 30.3 Å². The van der Waals surface area contributed by atoms with Crippen LogP contribution >= 0.6 is 22.9 Å². The Labute approximate surface area is 160 Å². The molecule has 0 radical (unpaired) electrons. The Balaban J connectivity index is 1.71. The van der Waals surface area contributed by atoms with E-state index in [4.69, 9.17) is 11.6 Å². The van der Waals surface area contributed by atoms with Gasteiger partial charge in [0.2, 0.25) is 0 Å². The van der Waals surface area contributed by atoms with Crippen LogP contribution in [0.5, 0.6) is 0 Å². The van der Waals surface area contributed by atoms with Crippen LogP contribution in [0.3, 0.4) is 0 Å². The lowest BCUT2D eigenvalue weighted by Crippen LogP contribution is -2.12. The first-order valence-electron chi connectivity index (χ1n) is 7.58. The van der Waals surface area contributed by atoms with Crippen LogP contribution in [0.15, 0.2) is 77.0 Å². The number of benzene rings is 2. The minimum atomic E-state index is -3.71. The van der Waals surface area contributed by atoms with Gasteiger partial charge in [-0.2, -0.15) is 0 Å². The van der Waals surface area contributed by atoms with Gasteiger partial charge < -0.3 is 0 Å². The molecule has 1 aromatic heterocycles. The highest BCUT2D eigenvalue weighted by Crippen LogP contribution is 2.19. The van der Waals surface area contributed by atoms with Crippen molar-refractivity contribution < 1.29 is 13.2 Å². The number of hydrogen-bond acceptors (Lipinski definition) is 4. The van der Waals surface area contributed by atoms with Crippen LogP contribution in [-0.2, 0) is 10.0 Å². The van der Waals surface area contributed by atoms with Crippen LogP contribution in [-0.4, -0.2) is 14.2 Å². The van der Waals surface area contributed by atoms with E-state index in [1.807, 2.05) is 17.5 Å². The summed E-state index contributed by atoms with van der Waals surface area (Å²) in [6, 6.07) is 16.0. The van der Waals surface area contributed by atoms with Gasteiger partial charge in [-0.25, -0.2) is 8.42 Å². The van der Waals surface area contributed by atoms with Crippen molar-refractivity contribution in [2.75, 3.05) is 4.72 Å². The normalized spacial score (nSPS) is 11.6. The van der Waals surface area contributed by atoms with Crippen molar-refractivity contribution in [3.63, 3.8) is 0 Å². The van der Waals surface area contributed by atoms with Crippen molar-refractivity contribution >= 4 is 50.5 Å². The second-order valence-corrected chi connectivity index (χ2v) is 8.45. The summed E-state index contributed by atoms with van der Waals surface area (Å²) in [4.78, 5) is 13.3. The molecule has 132 valence electrons. The summed E-state index contributed by atoms with van der Waals surface area (Å²) < 4.78 is 27.1. The minimum absolute atomic E-state index is 0.112. The maximum atomic E-state index is 12.3. The summed E-state index contributed by atoms with van der Waals surface area (Å²) >= 11 is 7.32. The molecule has 0 spiro atoms. The molecular weight excluding hydrogens is 390 g/mol. The number of rotatable bonds is 6. The average Bonchev–Trinajstić information content (AvgIpc) is 3.14. The molecule has 2 aromatic carbocycles. The number of nitrogens with one attached hydrogen (secondary N) is 1. The Hall–Kier alpha value is -2.41. The van der Waals surface area contributed by atoms with Crippen molar-refractivity contribution in [3.8, 4) is 0 Å². The van der Waals surface area contributed by atoms with Gasteiger partial charge in [0.15, 0.2) is 5.78 Å². The summed E-state index contributed by atoms with van der Waals surface area (Å²) in [6.45, 7) is 0. The molecule has 1 heterocycles. The molecule has 0 fully saturated rings. The van der Waals surface area contributed by atoms with E-state index in [0.717, 1.165) is 4.88 Å². The van der Waals surface area contributed by atoms with Gasteiger partial charge in [0.05, 0.1) is 4.90 Å². The maximum Gasteiger partial charge on any atom is 0.261 e. The number of hydrogen-bond donors (Lipinski definition) is 1. The second-order valence-electron chi connectivity index (χ2n) is 5.35. The number of anilines is 1. The number of carbonyl (C=O) groups excluding carboxylic acids is 1. The Kier molecular flexibility index (Phi) is 5.56. The third-order valence-corrected chi connectivity index (χ3v) is 5.97. The maximum absolute atomic E-state index is 12.3. The van der Waals surface area contributed by atoms with E-state index >= 15 is 0 Å². The first-order valence-corrected chi connectivity index (χ1v) is 10.3. The van der Waals surface area contributed by atoms with Crippen molar-refractivity contribution in [3.05, 3.63) is 87.6 Å². The fraction of sp³-hybridized carbons (Fsp3) is 0. The van der Waals surface area contributed by atoms with Gasteiger partial charge in [0.25, 0.3) is 10.0 Å². The summed E-state index contributed by atoms with van der Waals surface area (Å²) in [6.07, 6.45) is 3.25. The van der Waals surface area contributed by atoms with Crippen LogP contribution < -0.4 is 4.72 Å². The molecule has 7 heteroatoms. The van der Waals surface area contributed by atoms with Gasteiger partial charge in [-0.1, -0.05) is 17.7 Å². The van der Waals surface area contributed by atoms with Crippen molar-refractivity contribution in [1.82, 2.24) is 0 Å². The lowest BCUT2D eigenvalue weighted by atomic mass is 10.1. The molecule has 0 saturated carbocycles. The fourth-order valence-corrected chi connectivity index (χ4v) is 3.97. The van der Waals surface area contributed by atoms with Gasteiger partial charge in [-0.15, -0.1) is 11.3 Å². The number of thiophene rings is 1. The Morgan fingerprint density at radius 3 is 2.31 bits per heavy atom. The average molecular weight is 404 g/mol. The highest BCUT2D eigenvalue weighted by Gasteiger charge is 2.14. The number of sulfonamides is 1. The van der Waals surface area contributed by atoms with E-state index in [9.17, 15) is 13.2 Å². The van der Waals surface area contributed by atoms with E-state index in [2.05, 4.69) is 4.72 Å². The quantitative estimate of drug-likeness (QED) is 0.460. The lowest BCUT2D eigenvalue weighted by molar-refractivity contribution is 0.104. The third-order valence-electron chi connectivity index (χ3n) is 3.49. The molecule has 3 aromatic rings. The van der Waals surface area contributed by atoms with Crippen LogP contribution in [0.2, 0.25) is 5.02 Å². The Bertz CT molecular complexity index is 1020. The predicted octanol–water partition coefficient (Wildman–Crippen LogP) is 5.10. The molecule has 3 rings (SSSR count). The van der Waals surface area contributed by atoms with Gasteiger partial charge in [-0.05, 0) is 72.1 Å².